The molecule has 3 aromatic carbocycles. The smallest absolute Gasteiger partial charge is 0.264 e. The van der Waals surface area contributed by atoms with Crippen LogP contribution >= 0.6 is 23.2 Å². The lowest BCUT2D eigenvalue weighted by Gasteiger charge is -2.35. The number of nitrogens with zero attached hydrogens (tertiary/aromatic N) is 2. The molecular weight excluding hydrogens is 581 g/mol. The molecule has 2 amide bonds. The summed E-state index contributed by atoms with van der Waals surface area (Å²) < 4.78 is 28.9. The lowest BCUT2D eigenvalue weighted by molar-refractivity contribution is -0.140. The first kappa shape index (κ1) is 32.4. The van der Waals surface area contributed by atoms with E-state index in [1.165, 1.54) is 23.1 Å². The molecule has 1 N–H and O–H groups in total. The first-order chi connectivity index (χ1) is 19.2. The number of hydrogen-bond donors (Lipinski definition) is 1. The molecule has 0 aliphatic heterocycles. The highest BCUT2D eigenvalue weighted by atomic mass is 35.5. The zero-order chi connectivity index (χ0) is 30.4. The molecule has 0 aliphatic rings. The number of amides is 2. The van der Waals surface area contributed by atoms with Crippen LogP contribution in [0.5, 0.6) is 0 Å². The van der Waals surface area contributed by atoms with Gasteiger partial charge in [0, 0.05) is 12.1 Å². The number of carbonyl (C=O) groups is 2. The van der Waals surface area contributed by atoms with Crippen LogP contribution in [0.4, 0.5) is 5.69 Å². The van der Waals surface area contributed by atoms with E-state index in [0.29, 0.717) is 12.8 Å². The van der Waals surface area contributed by atoms with Gasteiger partial charge in [0.25, 0.3) is 10.0 Å². The molecule has 1 atom stereocenters. The minimum Gasteiger partial charge on any atom is -0.350 e. The second-order valence-corrected chi connectivity index (χ2v) is 13.5. The molecule has 0 spiro atoms. The SMILES string of the molecule is CC[C@H](C(=O)NC(C)(C)C)N(CCc1ccccc1)C(=O)CN(c1cccc(Cl)c1Cl)S(=O)(=O)c1ccc(C)cc1. The number of nitrogens with one attached hydrogen (secondary N) is 1. The molecule has 7 nitrogen and oxygen atoms in total. The zero-order valence-corrected chi connectivity index (χ0v) is 26.4. The Morgan fingerprint density at radius 1 is 0.927 bits per heavy atom. The van der Waals surface area contributed by atoms with Crippen molar-refractivity contribution in [1.82, 2.24) is 10.2 Å². The van der Waals surface area contributed by atoms with Gasteiger partial charge in [0.05, 0.1) is 20.6 Å². The largest absolute Gasteiger partial charge is 0.350 e. The van der Waals surface area contributed by atoms with Gasteiger partial charge >= 0.3 is 0 Å². The van der Waals surface area contributed by atoms with Crippen LogP contribution in [0.1, 0.15) is 45.2 Å². The average Bonchev–Trinajstić information content (AvgIpc) is 2.91. The van der Waals surface area contributed by atoms with Gasteiger partial charge in [0.1, 0.15) is 12.6 Å². The summed E-state index contributed by atoms with van der Waals surface area (Å²) in [5.74, 6) is -0.848. The van der Waals surface area contributed by atoms with E-state index >= 15 is 0 Å². The Labute approximate surface area is 253 Å². The molecule has 0 aromatic heterocycles. The Kier molecular flexibility index (Phi) is 10.9. The van der Waals surface area contributed by atoms with Gasteiger partial charge in [-0.3, -0.25) is 13.9 Å². The molecule has 0 unspecified atom stereocenters. The van der Waals surface area contributed by atoms with Crippen molar-refractivity contribution in [2.45, 2.75) is 63.9 Å². The minimum atomic E-state index is -4.25. The van der Waals surface area contributed by atoms with E-state index in [2.05, 4.69) is 5.32 Å². The molecule has 0 aliphatic carbocycles. The van der Waals surface area contributed by atoms with Crippen LogP contribution in [0.25, 0.3) is 0 Å². The summed E-state index contributed by atoms with van der Waals surface area (Å²) in [7, 11) is -4.25. The van der Waals surface area contributed by atoms with Crippen molar-refractivity contribution in [3.8, 4) is 0 Å². The van der Waals surface area contributed by atoms with Crippen LogP contribution in [0.2, 0.25) is 10.0 Å². The maximum Gasteiger partial charge on any atom is 0.264 e. The fraction of sp³-hybridized carbons (Fsp3) is 0.355. The van der Waals surface area contributed by atoms with E-state index in [0.717, 1.165) is 15.4 Å². The van der Waals surface area contributed by atoms with Crippen molar-refractivity contribution in [2.75, 3.05) is 17.4 Å². The third-order valence-corrected chi connectivity index (χ3v) is 9.04. The van der Waals surface area contributed by atoms with Gasteiger partial charge in [-0.25, -0.2) is 8.42 Å². The Morgan fingerprint density at radius 3 is 2.15 bits per heavy atom. The van der Waals surface area contributed by atoms with Crippen LogP contribution in [0.15, 0.2) is 77.7 Å². The van der Waals surface area contributed by atoms with Crippen LogP contribution < -0.4 is 9.62 Å². The third-order valence-electron chi connectivity index (χ3n) is 6.46. The third kappa shape index (κ3) is 8.47. The van der Waals surface area contributed by atoms with Crippen molar-refractivity contribution in [3.05, 3.63) is 94.0 Å². The average molecular weight is 619 g/mol. The second kappa shape index (κ2) is 13.7. The summed E-state index contributed by atoms with van der Waals surface area (Å²) in [6.07, 6.45) is 0.819. The molecule has 0 heterocycles. The molecule has 0 bridgehead atoms. The number of hydrogen-bond acceptors (Lipinski definition) is 4. The summed E-state index contributed by atoms with van der Waals surface area (Å²) >= 11 is 12.8. The maximum absolute atomic E-state index is 14.1. The quantitative estimate of drug-likeness (QED) is 0.275. The number of sulfonamides is 1. The topological polar surface area (TPSA) is 86.8 Å². The minimum absolute atomic E-state index is 0.000273. The number of anilines is 1. The molecule has 41 heavy (non-hydrogen) atoms. The van der Waals surface area contributed by atoms with Crippen LogP contribution in [0.3, 0.4) is 0 Å². The van der Waals surface area contributed by atoms with E-state index in [-0.39, 0.29) is 33.1 Å². The van der Waals surface area contributed by atoms with Gasteiger partial charge in [-0.15, -0.1) is 0 Å². The standard InChI is InChI=1S/C31H37Cl2N3O4S/c1-6-26(30(38)34-31(3,4)5)35(20-19-23-11-8-7-9-12-23)28(37)21-36(27-14-10-13-25(32)29(27)33)41(39,40)24-17-15-22(2)16-18-24/h7-18,26H,6,19-21H2,1-5H3,(H,34,38)/t26-/m1/s1. The highest BCUT2D eigenvalue weighted by Gasteiger charge is 2.35. The first-order valence-electron chi connectivity index (χ1n) is 13.4. The fourth-order valence-electron chi connectivity index (χ4n) is 4.38. The summed E-state index contributed by atoms with van der Waals surface area (Å²) in [5, 5.41) is 3.12. The van der Waals surface area contributed by atoms with Gasteiger partial charge in [0.15, 0.2) is 0 Å². The molecule has 0 saturated heterocycles. The predicted octanol–water partition coefficient (Wildman–Crippen LogP) is 6.26. The van der Waals surface area contributed by atoms with E-state index in [4.69, 9.17) is 23.2 Å². The monoisotopic (exact) mass is 617 g/mol. The molecule has 0 saturated carbocycles. The molecule has 3 aromatic rings. The lowest BCUT2D eigenvalue weighted by atomic mass is 10.1. The van der Waals surface area contributed by atoms with Crippen LogP contribution in [0, 0.1) is 6.92 Å². The van der Waals surface area contributed by atoms with E-state index in [1.807, 2.05) is 65.0 Å². The molecular formula is C31H37Cl2N3O4S. The Morgan fingerprint density at radius 2 is 1.56 bits per heavy atom. The van der Waals surface area contributed by atoms with Crippen molar-refractivity contribution in [2.24, 2.45) is 0 Å². The van der Waals surface area contributed by atoms with Gasteiger partial charge in [0.2, 0.25) is 11.8 Å². The van der Waals surface area contributed by atoms with Gasteiger partial charge in [-0.05, 0) is 70.4 Å². The Balaban J connectivity index is 2.06. The van der Waals surface area contributed by atoms with E-state index < -0.39 is 34.1 Å². The number of rotatable bonds is 11. The van der Waals surface area contributed by atoms with Crippen molar-refractivity contribution in [3.63, 3.8) is 0 Å². The fourth-order valence-corrected chi connectivity index (χ4v) is 6.26. The Hall–Kier alpha value is -3.07. The molecule has 0 radical (unpaired) electrons. The number of carbonyl (C=O) groups excluding carboxylic acids is 2. The molecule has 10 heteroatoms. The van der Waals surface area contributed by atoms with Crippen molar-refractivity contribution in [1.29, 1.82) is 0 Å². The maximum atomic E-state index is 14.1. The highest BCUT2D eigenvalue weighted by Crippen LogP contribution is 2.35. The lowest BCUT2D eigenvalue weighted by Crippen LogP contribution is -2.56. The second-order valence-electron chi connectivity index (χ2n) is 10.9. The highest BCUT2D eigenvalue weighted by molar-refractivity contribution is 7.92. The molecule has 0 fully saturated rings. The van der Waals surface area contributed by atoms with Crippen molar-refractivity contribution < 1.29 is 18.0 Å². The van der Waals surface area contributed by atoms with Crippen molar-refractivity contribution >= 4 is 50.7 Å². The Bertz CT molecular complexity index is 1460. The van der Waals surface area contributed by atoms with Crippen LogP contribution in [-0.4, -0.2) is 49.8 Å². The van der Waals surface area contributed by atoms with Gasteiger partial charge in [-0.1, -0.05) is 84.2 Å². The molecule has 220 valence electrons. The van der Waals surface area contributed by atoms with E-state index in [1.54, 1.807) is 24.3 Å². The normalized spacial score (nSPS) is 12.5. The van der Waals surface area contributed by atoms with Gasteiger partial charge < -0.3 is 10.2 Å². The first-order valence-corrected chi connectivity index (χ1v) is 15.6. The summed E-state index contributed by atoms with van der Waals surface area (Å²) in [5.41, 5.74) is 1.42. The molecule has 3 rings (SSSR count). The predicted molar refractivity (Wildman–Crippen MR) is 166 cm³/mol. The zero-order valence-electron chi connectivity index (χ0n) is 24.0. The van der Waals surface area contributed by atoms with Gasteiger partial charge in [-0.2, -0.15) is 0 Å². The number of benzene rings is 3. The number of aryl methyl sites for hydroxylation is 1. The number of halogens is 2. The van der Waals surface area contributed by atoms with Crippen LogP contribution in [-0.2, 0) is 26.0 Å². The summed E-state index contributed by atoms with van der Waals surface area (Å²) in [4.78, 5) is 29.0. The van der Waals surface area contributed by atoms with E-state index in [9.17, 15) is 18.0 Å². The summed E-state index contributed by atoms with van der Waals surface area (Å²) in [6.45, 7) is 8.90. The summed E-state index contributed by atoms with van der Waals surface area (Å²) in [6, 6.07) is 19.7.